The second-order valence-electron chi connectivity index (χ2n) is 6.68. The maximum Gasteiger partial charge on any atom is 0.272 e. The SMILES string of the molecule is O=C(c1cc(C2CCOCC2)ncn1)N1CCN(c2ccccn2)CC1. The fraction of sp³-hybridized carbons (Fsp3) is 0.474. The molecular weight excluding hydrogens is 330 g/mol. The van der Waals surface area contributed by atoms with Crippen molar-refractivity contribution in [2.45, 2.75) is 18.8 Å². The Balaban J connectivity index is 1.40. The molecule has 7 heteroatoms. The van der Waals surface area contributed by atoms with Gasteiger partial charge in [0.05, 0.1) is 0 Å². The molecule has 2 aromatic rings. The number of nitrogens with zero attached hydrogens (tertiary/aromatic N) is 5. The van der Waals surface area contributed by atoms with Gasteiger partial charge in [0.1, 0.15) is 17.8 Å². The molecule has 0 aliphatic carbocycles. The van der Waals surface area contributed by atoms with E-state index in [1.165, 1.54) is 6.33 Å². The van der Waals surface area contributed by atoms with Gasteiger partial charge in [-0.15, -0.1) is 0 Å². The topological polar surface area (TPSA) is 71.5 Å². The second-order valence-corrected chi connectivity index (χ2v) is 6.68. The van der Waals surface area contributed by atoms with E-state index >= 15 is 0 Å². The number of carbonyl (C=O) groups excluding carboxylic acids is 1. The van der Waals surface area contributed by atoms with Crippen molar-refractivity contribution in [3.05, 3.63) is 48.2 Å². The zero-order valence-corrected chi connectivity index (χ0v) is 14.8. The van der Waals surface area contributed by atoms with Crippen LogP contribution in [0.1, 0.15) is 34.9 Å². The van der Waals surface area contributed by atoms with Crippen molar-refractivity contribution in [2.24, 2.45) is 0 Å². The number of hydrogen-bond acceptors (Lipinski definition) is 6. The number of aromatic nitrogens is 3. The van der Waals surface area contributed by atoms with Crippen LogP contribution in [0.2, 0.25) is 0 Å². The van der Waals surface area contributed by atoms with Gasteiger partial charge in [-0.25, -0.2) is 15.0 Å². The quantitative estimate of drug-likeness (QED) is 0.837. The van der Waals surface area contributed by atoms with Gasteiger partial charge in [0.2, 0.25) is 0 Å². The predicted molar refractivity (Wildman–Crippen MR) is 97.2 cm³/mol. The van der Waals surface area contributed by atoms with Crippen molar-refractivity contribution < 1.29 is 9.53 Å². The van der Waals surface area contributed by atoms with E-state index in [2.05, 4.69) is 19.9 Å². The van der Waals surface area contributed by atoms with Crippen LogP contribution in [0.15, 0.2) is 36.8 Å². The van der Waals surface area contributed by atoms with E-state index in [9.17, 15) is 4.79 Å². The third kappa shape index (κ3) is 3.67. The molecule has 7 nitrogen and oxygen atoms in total. The molecule has 0 radical (unpaired) electrons. The van der Waals surface area contributed by atoms with Crippen LogP contribution >= 0.6 is 0 Å². The molecule has 0 atom stereocenters. The fourth-order valence-electron chi connectivity index (χ4n) is 3.55. The molecule has 2 aliphatic heterocycles. The highest BCUT2D eigenvalue weighted by Gasteiger charge is 2.25. The summed E-state index contributed by atoms with van der Waals surface area (Å²) in [6.07, 6.45) is 5.22. The van der Waals surface area contributed by atoms with Crippen LogP contribution in [0.4, 0.5) is 5.82 Å². The Morgan fingerprint density at radius 2 is 1.85 bits per heavy atom. The largest absolute Gasteiger partial charge is 0.381 e. The number of rotatable bonds is 3. The second kappa shape index (κ2) is 7.78. The van der Waals surface area contributed by atoms with Gasteiger partial charge in [0.15, 0.2) is 0 Å². The van der Waals surface area contributed by atoms with Gasteiger partial charge in [-0.2, -0.15) is 0 Å². The summed E-state index contributed by atoms with van der Waals surface area (Å²) in [5.41, 5.74) is 1.45. The Morgan fingerprint density at radius 3 is 2.58 bits per heavy atom. The molecule has 1 amide bonds. The number of anilines is 1. The highest BCUT2D eigenvalue weighted by molar-refractivity contribution is 5.92. The van der Waals surface area contributed by atoms with E-state index in [4.69, 9.17) is 4.74 Å². The summed E-state index contributed by atoms with van der Waals surface area (Å²) in [7, 11) is 0. The summed E-state index contributed by atoms with van der Waals surface area (Å²) in [4.78, 5) is 29.9. The van der Waals surface area contributed by atoms with Crippen LogP contribution < -0.4 is 4.90 Å². The summed E-state index contributed by atoms with van der Waals surface area (Å²) in [6.45, 7) is 4.42. The Kier molecular flexibility index (Phi) is 5.06. The Morgan fingerprint density at radius 1 is 1.04 bits per heavy atom. The van der Waals surface area contributed by atoms with Gasteiger partial charge in [-0.3, -0.25) is 4.79 Å². The molecule has 2 aromatic heterocycles. The number of amides is 1. The lowest BCUT2D eigenvalue weighted by atomic mass is 9.96. The number of hydrogen-bond donors (Lipinski definition) is 0. The highest BCUT2D eigenvalue weighted by Crippen LogP contribution is 2.25. The molecular formula is C19H23N5O2. The molecule has 136 valence electrons. The molecule has 2 saturated heterocycles. The van der Waals surface area contributed by atoms with Crippen LogP contribution in [0.25, 0.3) is 0 Å². The van der Waals surface area contributed by atoms with E-state index in [0.717, 1.165) is 50.7 Å². The minimum atomic E-state index is -0.0126. The van der Waals surface area contributed by atoms with Crippen LogP contribution in [0, 0.1) is 0 Å². The first-order valence-electron chi connectivity index (χ1n) is 9.16. The lowest BCUT2D eigenvalue weighted by molar-refractivity contribution is 0.0739. The summed E-state index contributed by atoms with van der Waals surface area (Å²) in [5.74, 6) is 1.31. The minimum absolute atomic E-state index is 0.0126. The third-order valence-corrected chi connectivity index (χ3v) is 5.09. The normalized spacial score (nSPS) is 18.8. The molecule has 0 aromatic carbocycles. The van der Waals surface area contributed by atoms with Crippen LogP contribution in [0.5, 0.6) is 0 Å². The van der Waals surface area contributed by atoms with E-state index in [0.29, 0.717) is 24.7 Å². The summed E-state index contributed by atoms with van der Waals surface area (Å²) in [6, 6.07) is 7.76. The average molecular weight is 353 g/mol. The maximum atomic E-state index is 12.9. The van der Waals surface area contributed by atoms with Crippen molar-refractivity contribution in [1.82, 2.24) is 19.9 Å². The van der Waals surface area contributed by atoms with Crippen LogP contribution in [0.3, 0.4) is 0 Å². The van der Waals surface area contributed by atoms with Crippen LogP contribution in [-0.4, -0.2) is 65.2 Å². The third-order valence-electron chi connectivity index (χ3n) is 5.09. The van der Waals surface area contributed by atoms with Gasteiger partial charge in [-0.1, -0.05) is 6.07 Å². The van der Waals surface area contributed by atoms with E-state index < -0.39 is 0 Å². The standard InChI is InChI=1S/C19H23N5O2/c25-19(17-13-16(21-14-22-17)15-4-11-26-12-5-15)24-9-7-23(8-10-24)18-3-1-2-6-20-18/h1-3,6,13-15H,4-5,7-12H2. The molecule has 0 unspecified atom stereocenters. The molecule has 4 rings (SSSR count). The van der Waals surface area contributed by atoms with Crippen molar-refractivity contribution >= 4 is 11.7 Å². The zero-order valence-electron chi connectivity index (χ0n) is 14.8. The maximum absolute atomic E-state index is 12.9. The molecule has 2 aliphatic rings. The number of piperazine rings is 1. The Bertz CT molecular complexity index is 741. The van der Waals surface area contributed by atoms with E-state index in [1.54, 1.807) is 6.20 Å². The molecule has 2 fully saturated rings. The smallest absolute Gasteiger partial charge is 0.272 e. The predicted octanol–water partition coefficient (Wildman–Crippen LogP) is 1.73. The molecule has 4 heterocycles. The first-order chi connectivity index (χ1) is 12.8. The van der Waals surface area contributed by atoms with Crippen LogP contribution in [-0.2, 0) is 4.74 Å². The molecule has 0 bridgehead atoms. The van der Waals surface area contributed by atoms with Gasteiger partial charge in [0, 0.05) is 57.2 Å². The van der Waals surface area contributed by atoms with Crippen molar-refractivity contribution in [2.75, 3.05) is 44.3 Å². The molecule has 26 heavy (non-hydrogen) atoms. The minimum Gasteiger partial charge on any atom is -0.381 e. The monoisotopic (exact) mass is 353 g/mol. The molecule has 0 spiro atoms. The number of ether oxygens (including phenoxy) is 1. The van der Waals surface area contributed by atoms with Crippen molar-refractivity contribution in [3.8, 4) is 0 Å². The summed E-state index contributed by atoms with van der Waals surface area (Å²) < 4.78 is 5.41. The van der Waals surface area contributed by atoms with Crippen molar-refractivity contribution in [1.29, 1.82) is 0 Å². The highest BCUT2D eigenvalue weighted by atomic mass is 16.5. The number of pyridine rings is 1. The van der Waals surface area contributed by atoms with Crippen molar-refractivity contribution in [3.63, 3.8) is 0 Å². The lowest BCUT2D eigenvalue weighted by Crippen LogP contribution is -2.49. The van der Waals surface area contributed by atoms with Gasteiger partial charge in [-0.05, 0) is 31.0 Å². The Hall–Kier alpha value is -2.54. The first-order valence-corrected chi connectivity index (χ1v) is 9.16. The van der Waals surface area contributed by atoms with Gasteiger partial charge in [0.25, 0.3) is 5.91 Å². The van der Waals surface area contributed by atoms with E-state index in [-0.39, 0.29) is 5.91 Å². The zero-order chi connectivity index (χ0) is 17.8. The number of carbonyl (C=O) groups is 1. The lowest BCUT2D eigenvalue weighted by Gasteiger charge is -2.35. The van der Waals surface area contributed by atoms with E-state index in [1.807, 2.05) is 29.2 Å². The van der Waals surface area contributed by atoms with Gasteiger partial charge >= 0.3 is 0 Å². The first kappa shape index (κ1) is 16.9. The molecule has 0 N–H and O–H groups in total. The average Bonchev–Trinajstić information content (AvgIpc) is 2.75. The summed E-state index contributed by atoms with van der Waals surface area (Å²) in [5, 5.41) is 0. The van der Waals surface area contributed by atoms with Gasteiger partial charge < -0.3 is 14.5 Å². The Labute approximate surface area is 153 Å². The summed E-state index contributed by atoms with van der Waals surface area (Å²) >= 11 is 0. The molecule has 0 saturated carbocycles. The fourth-order valence-corrected chi connectivity index (χ4v) is 3.55.